The summed E-state index contributed by atoms with van der Waals surface area (Å²) in [5, 5.41) is 0. The number of allylic oxidation sites excluding steroid dienone is 3. The van der Waals surface area contributed by atoms with E-state index < -0.39 is 5.97 Å². The van der Waals surface area contributed by atoms with Gasteiger partial charge in [0.2, 0.25) is 0 Å². The summed E-state index contributed by atoms with van der Waals surface area (Å²) in [6.07, 6.45) is 5.91. The summed E-state index contributed by atoms with van der Waals surface area (Å²) in [4.78, 5) is 30.7. The van der Waals surface area contributed by atoms with Crippen LogP contribution in [0.15, 0.2) is 87.4 Å². The minimum atomic E-state index is -0.482. The van der Waals surface area contributed by atoms with Crippen LogP contribution in [0.25, 0.3) is 0 Å². The number of Topliss-reactive ketones (excluding diaryl/α,β-unsaturated/α-hetero) is 1. The van der Waals surface area contributed by atoms with Crippen LogP contribution in [0.1, 0.15) is 34.0 Å². The number of rotatable bonds is 5. The number of esters is 1. The Bertz CT molecular complexity index is 1180. The van der Waals surface area contributed by atoms with Crippen LogP contribution in [0.3, 0.4) is 0 Å². The van der Waals surface area contributed by atoms with Gasteiger partial charge in [0.05, 0.1) is 17.3 Å². The molecule has 2 aliphatic rings. The Morgan fingerprint density at radius 1 is 0.969 bits per heavy atom. The summed E-state index contributed by atoms with van der Waals surface area (Å²) >= 11 is 3.51. The average Bonchev–Trinajstić information content (AvgIpc) is 2.78. The quantitative estimate of drug-likeness (QED) is 0.400. The molecule has 0 N–H and O–H groups in total. The lowest BCUT2D eigenvalue weighted by Gasteiger charge is -2.31. The molecule has 1 aliphatic carbocycles. The van der Waals surface area contributed by atoms with E-state index in [1.54, 1.807) is 12.1 Å². The SMILES string of the molecule is CC1=C(C(=O)OCC(=O)c2ccc(C)cc2)[C@H]2C=C(Br)C=C[C@H]2N=C1c1ccc(C)cc1. The van der Waals surface area contributed by atoms with E-state index in [0.29, 0.717) is 11.1 Å². The third-order valence-corrected chi connectivity index (χ3v) is 6.31. The maximum atomic E-state index is 13.2. The molecular formula is C27H24BrNO3. The van der Waals surface area contributed by atoms with Crippen molar-refractivity contribution in [3.05, 3.63) is 105 Å². The van der Waals surface area contributed by atoms with E-state index in [-0.39, 0.29) is 24.3 Å². The number of carbonyl (C=O) groups excluding carboxylic acids is 2. The zero-order chi connectivity index (χ0) is 22.8. The standard InChI is InChI=1S/C27H24BrNO3/c1-16-4-8-19(9-5-16)24(30)15-32-27(31)25-18(3)26(20-10-6-17(2)7-11-20)29-23-13-12-21(28)14-22(23)25/h4-14,22-23H,15H2,1-3H3/t22-,23+/m0/s1. The smallest absolute Gasteiger partial charge is 0.335 e. The van der Waals surface area contributed by atoms with E-state index >= 15 is 0 Å². The molecule has 0 aromatic heterocycles. The predicted molar refractivity (Wildman–Crippen MR) is 130 cm³/mol. The van der Waals surface area contributed by atoms with Gasteiger partial charge in [-0.15, -0.1) is 0 Å². The minimum absolute atomic E-state index is 0.202. The lowest BCUT2D eigenvalue weighted by Crippen LogP contribution is -2.33. The maximum absolute atomic E-state index is 13.2. The number of halogens is 1. The first-order valence-electron chi connectivity index (χ1n) is 10.5. The van der Waals surface area contributed by atoms with Gasteiger partial charge in [-0.1, -0.05) is 93.8 Å². The van der Waals surface area contributed by atoms with E-state index in [4.69, 9.17) is 9.73 Å². The molecule has 0 amide bonds. The first kappa shape index (κ1) is 22.2. The molecule has 0 unspecified atom stereocenters. The Labute approximate surface area is 196 Å². The first-order valence-corrected chi connectivity index (χ1v) is 11.3. The second kappa shape index (κ2) is 9.21. The Balaban J connectivity index is 1.63. The molecule has 0 saturated carbocycles. The van der Waals surface area contributed by atoms with Crippen LogP contribution in [-0.4, -0.2) is 30.1 Å². The van der Waals surface area contributed by atoms with Crippen molar-refractivity contribution < 1.29 is 14.3 Å². The number of aliphatic imine (C=N–C) groups is 1. The molecule has 162 valence electrons. The van der Waals surface area contributed by atoms with E-state index in [9.17, 15) is 9.59 Å². The van der Waals surface area contributed by atoms with Crippen LogP contribution in [-0.2, 0) is 9.53 Å². The zero-order valence-electron chi connectivity index (χ0n) is 18.3. The summed E-state index contributed by atoms with van der Waals surface area (Å²) in [6.45, 7) is 5.59. The number of nitrogens with zero attached hydrogens (tertiary/aromatic N) is 1. The molecule has 5 heteroatoms. The topological polar surface area (TPSA) is 55.7 Å². The highest BCUT2D eigenvalue weighted by molar-refractivity contribution is 9.11. The van der Waals surface area contributed by atoms with Gasteiger partial charge in [-0.3, -0.25) is 9.79 Å². The highest BCUT2D eigenvalue weighted by atomic mass is 79.9. The Morgan fingerprint density at radius 2 is 1.59 bits per heavy atom. The number of aryl methyl sites for hydroxylation is 2. The Hall–Kier alpha value is -3.05. The molecule has 0 fully saturated rings. The number of carbonyl (C=O) groups is 2. The highest BCUT2D eigenvalue weighted by Crippen LogP contribution is 2.36. The van der Waals surface area contributed by atoms with Crippen molar-refractivity contribution in [3.63, 3.8) is 0 Å². The van der Waals surface area contributed by atoms with Crippen LogP contribution in [0.2, 0.25) is 0 Å². The van der Waals surface area contributed by atoms with E-state index in [1.165, 1.54) is 0 Å². The maximum Gasteiger partial charge on any atom is 0.335 e. The normalized spacial score (nSPS) is 19.8. The molecular weight excluding hydrogens is 466 g/mol. The van der Waals surface area contributed by atoms with Crippen molar-refractivity contribution in [1.82, 2.24) is 0 Å². The zero-order valence-corrected chi connectivity index (χ0v) is 19.8. The summed E-state index contributed by atoms with van der Waals surface area (Å²) in [6, 6.07) is 15.1. The number of benzene rings is 2. The minimum Gasteiger partial charge on any atom is -0.454 e. The first-order chi connectivity index (χ1) is 15.3. The average molecular weight is 490 g/mol. The molecule has 32 heavy (non-hydrogen) atoms. The Morgan fingerprint density at radius 3 is 2.25 bits per heavy atom. The number of dihydropyridines is 1. The van der Waals surface area contributed by atoms with Crippen LogP contribution in [0, 0.1) is 19.8 Å². The summed E-state index contributed by atoms with van der Waals surface area (Å²) < 4.78 is 6.41. The summed E-state index contributed by atoms with van der Waals surface area (Å²) in [5.41, 5.74) is 5.80. The monoisotopic (exact) mass is 489 g/mol. The van der Waals surface area contributed by atoms with Gasteiger partial charge in [0.1, 0.15) is 0 Å². The van der Waals surface area contributed by atoms with Crippen molar-refractivity contribution >= 4 is 33.4 Å². The second-order valence-electron chi connectivity index (χ2n) is 8.17. The summed E-state index contributed by atoms with van der Waals surface area (Å²) in [5.74, 6) is -0.952. The molecule has 2 atom stereocenters. The number of hydrogen-bond acceptors (Lipinski definition) is 4. The van der Waals surface area contributed by atoms with Gasteiger partial charge in [0.15, 0.2) is 12.4 Å². The van der Waals surface area contributed by atoms with Gasteiger partial charge >= 0.3 is 5.97 Å². The Kier molecular flexibility index (Phi) is 6.38. The van der Waals surface area contributed by atoms with Crippen molar-refractivity contribution in [3.8, 4) is 0 Å². The van der Waals surface area contributed by atoms with Crippen LogP contribution in [0.5, 0.6) is 0 Å². The molecule has 0 radical (unpaired) electrons. The molecule has 4 rings (SSSR count). The van der Waals surface area contributed by atoms with Gasteiger partial charge in [-0.2, -0.15) is 0 Å². The van der Waals surface area contributed by atoms with E-state index in [1.807, 2.05) is 75.4 Å². The van der Waals surface area contributed by atoms with Crippen molar-refractivity contribution in [2.24, 2.45) is 10.9 Å². The second-order valence-corrected chi connectivity index (χ2v) is 9.09. The van der Waals surface area contributed by atoms with Gasteiger partial charge in [0.25, 0.3) is 0 Å². The number of ether oxygens (including phenoxy) is 1. The van der Waals surface area contributed by atoms with E-state index in [2.05, 4.69) is 15.9 Å². The molecule has 0 bridgehead atoms. The lowest BCUT2D eigenvalue weighted by atomic mass is 9.80. The fourth-order valence-corrected chi connectivity index (χ4v) is 4.40. The van der Waals surface area contributed by atoms with Gasteiger partial charge in [-0.05, 0) is 31.9 Å². The molecule has 0 spiro atoms. The fraction of sp³-hybridized carbons (Fsp3) is 0.222. The van der Waals surface area contributed by atoms with Crippen LogP contribution in [0.4, 0.5) is 0 Å². The van der Waals surface area contributed by atoms with Crippen LogP contribution < -0.4 is 0 Å². The molecule has 4 nitrogen and oxygen atoms in total. The number of ketones is 1. The lowest BCUT2D eigenvalue weighted by molar-refractivity contribution is -0.138. The van der Waals surface area contributed by atoms with Gasteiger partial charge < -0.3 is 4.74 Å². The van der Waals surface area contributed by atoms with Crippen LogP contribution >= 0.6 is 15.9 Å². The molecule has 1 aliphatic heterocycles. The highest BCUT2D eigenvalue weighted by Gasteiger charge is 2.36. The third kappa shape index (κ3) is 4.58. The van der Waals surface area contributed by atoms with Gasteiger partial charge in [0, 0.05) is 16.0 Å². The third-order valence-electron chi connectivity index (χ3n) is 5.78. The fourth-order valence-electron chi connectivity index (χ4n) is 3.96. The largest absolute Gasteiger partial charge is 0.454 e. The molecule has 2 aromatic rings. The number of fused-ring (bicyclic) bond motifs is 1. The molecule has 2 aromatic carbocycles. The van der Waals surface area contributed by atoms with Gasteiger partial charge in [-0.25, -0.2) is 4.79 Å². The molecule has 0 saturated heterocycles. The summed E-state index contributed by atoms with van der Waals surface area (Å²) in [7, 11) is 0. The molecule has 1 heterocycles. The van der Waals surface area contributed by atoms with Crippen molar-refractivity contribution in [1.29, 1.82) is 0 Å². The number of hydrogen-bond donors (Lipinski definition) is 0. The van der Waals surface area contributed by atoms with Crippen molar-refractivity contribution in [2.45, 2.75) is 26.8 Å². The predicted octanol–water partition coefficient (Wildman–Crippen LogP) is 5.68. The van der Waals surface area contributed by atoms with E-state index in [0.717, 1.165) is 32.5 Å². The van der Waals surface area contributed by atoms with Crippen molar-refractivity contribution in [2.75, 3.05) is 6.61 Å².